The number of nitrogens with two attached hydrogens (primary N) is 1. The topological polar surface area (TPSA) is 55.1 Å². The molecule has 0 fully saturated rings. The molecule has 19 heavy (non-hydrogen) atoms. The summed E-state index contributed by atoms with van der Waals surface area (Å²) >= 11 is 0. The van der Waals surface area contributed by atoms with E-state index in [0.29, 0.717) is 5.56 Å². The fourth-order valence-electron chi connectivity index (χ4n) is 1.74. The maximum Gasteiger partial charge on any atom is 0.245 e. The van der Waals surface area contributed by atoms with Crippen LogP contribution in [0.2, 0.25) is 0 Å². The van der Waals surface area contributed by atoms with Crippen molar-refractivity contribution < 1.29 is 9.18 Å². The Balaban J connectivity index is 2.13. The zero-order valence-electron chi connectivity index (χ0n) is 10.6. The second-order valence-corrected chi connectivity index (χ2v) is 4.36. The number of carbonyl (C=O) groups is 1. The molecular formula is C15H15FN2O. The third-order valence-corrected chi connectivity index (χ3v) is 2.82. The molecule has 0 aromatic heterocycles. The molecule has 0 aliphatic heterocycles. The fraction of sp³-hybridized carbons (Fsp3) is 0.133. The van der Waals surface area contributed by atoms with Gasteiger partial charge in [0.15, 0.2) is 0 Å². The van der Waals surface area contributed by atoms with Gasteiger partial charge in [0.1, 0.15) is 11.9 Å². The summed E-state index contributed by atoms with van der Waals surface area (Å²) < 4.78 is 13.6. The van der Waals surface area contributed by atoms with E-state index in [4.69, 9.17) is 5.73 Å². The van der Waals surface area contributed by atoms with Gasteiger partial charge in [-0.05, 0) is 30.2 Å². The third kappa shape index (κ3) is 3.17. The third-order valence-electron chi connectivity index (χ3n) is 2.82. The van der Waals surface area contributed by atoms with E-state index in [0.717, 1.165) is 5.56 Å². The lowest BCUT2D eigenvalue weighted by Crippen LogP contribution is -2.28. The molecule has 2 rings (SSSR count). The van der Waals surface area contributed by atoms with Gasteiger partial charge in [0.2, 0.25) is 5.91 Å². The Hall–Kier alpha value is -2.20. The van der Waals surface area contributed by atoms with E-state index in [1.165, 1.54) is 12.1 Å². The van der Waals surface area contributed by atoms with E-state index in [1.54, 1.807) is 37.3 Å². The van der Waals surface area contributed by atoms with E-state index >= 15 is 0 Å². The summed E-state index contributed by atoms with van der Waals surface area (Å²) in [5, 5.41) is 2.50. The van der Waals surface area contributed by atoms with Crippen LogP contribution in [0.15, 0.2) is 48.5 Å². The SMILES string of the molecule is Cc1ccc(NC(=O)[C@@H](N)c2ccccc2)c(F)c1. The summed E-state index contributed by atoms with van der Waals surface area (Å²) in [5.41, 5.74) is 7.45. The monoisotopic (exact) mass is 258 g/mol. The van der Waals surface area contributed by atoms with Crippen LogP contribution in [0.3, 0.4) is 0 Å². The highest BCUT2D eigenvalue weighted by atomic mass is 19.1. The van der Waals surface area contributed by atoms with Crippen molar-refractivity contribution in [1.29, 1.82) is 0 Å². The minimum atomic E-state index is -0.818. The van der Waals surface area contributed by atoms with Crippen molar-refractivity contribution in [3.63, 3.8) is 0 Å². The van der Waals surface area contributed by atoms with E-state index in [2.05, 4.69) is 5.32 Å². The highest BCUT2D eigenvalue weighted by Gasteiger charge is 2.16. The Morgan fingerprint density at radius 3 is 2.53 bits per heavy atom. The van der Waals surface area contributed by atoms with Gasteiger partial charge in [-0.3, -0.25) is 4.79 Å². The minimum absolute atomic E-state index is 0.141. The summed E-state index contributed by atoms with van der Waals surface area (Å²) in [6, 6.07) is 12.8. The maximum absolute atomic E-state index is 13.6. The van der Waals surface area contributed by atoms with Crippen molar-refractivity contribution in [2.24, 2.45) is 5.73 Å². The zero-order chi connectivity index (χ0) is 13.8. The standard InChI is InChI=1S/C15H15FN2O/c1-10-7-8-13(12(16)9-10)18-15(19)14(17)11-5-3-2-4-6-11/h2-9,14H,17H2,1H3,(H,18,19)/t14-/m0/s1. The normalized spacial score (nSPS) is 11.9. The lowest BCUT2D eigenvalue weighted by Gasteiger charge is -2.13. The van der Waals surface area contributed by atoms with Crippen LogP contribution in [0.25, 0.3) is 0 Å². The predicted molar refractivity (Wildman–Crippen MR) is 73.1 cm³/mol. The lowest BCUT2D eigenvalue weighted by atomic mass is 10.1. The number of rotatable bonds is 3. The molecule has 98 valence electrons. The van der Waals surface area contributed by atoms with Gasteiger partial charge in [0.25, 0.3) is 0 Å². The Morgan fingerprint density at radius 2 is 1.89 bits per heavy atom. The van der Waals surface area contributed by atoms with Gasteiger partial charge in [0, 0.05) is 0 Å². The van der Waals surface area contributed by atoms with Crippen LogP contribution < -0.4 is 11.1 Å². The highest BCUT2D eigenvalue weighted by molar-refractivity contribution is 5.95. The summed E-state index contributed by atoms with van der Waals surface area (Å²) in [5.74, 6) is -0.900. The van der Waals surface area contributed by atoms with Crippen LogP contribution in [-0.2, 0) is 4.79 Å². The van der Waals surface area contributed by atoms with E-state index in [1.807, 2.05) is 6.07 Å². The van der Waals surface area contributed by atoms with Gasteiger partial charge in [-0.2, -0.15) is 0 Å². The molecule has 3 nitrogen and oxygen atoms in total. The van der Waals surface area contributed by atoms with Crippen molar-refractivity contribution in [2.75, 3.05) is 5.32 Å². The van der Waals surface area contributed by atoms with Crippen LogP contribution in [0.5, 0.6) is 0 Å². The summed E-state index contributed by atoms with van der Waals surface area (Å²) in [6.07, 6.45) is 0. The van der Waals surface area contributed by atoms with Crippen LogP contribution >= 0.6 is 0 Å². The quantitative estimate of drug-likeness (QED) is 0.889. The molecule has 2 aromatic carbocycles. The smallest absolute Gasteiger partial charge is 0.245 e. The largest absolute Gasteiger partial charge is 0.322 e. The van der Waals surface area contributed by atoms with Gasteiger partial charge < -0.3 is 11.1 Å². The van der Waals surface area contributed by atoms with Crippen LogP contribution in [-0.4, -0.2) is 5.91 Å². The van der Waals surface area contributed by atoms with Gasteiger partial charge >= 0.3 is 0 Å². The number of anilines is 1. The highest BCUT2D eigenvalue weighted by Crippen LogP contribution is 2.18. The lowest BCUT2D eigenvalue weighted by molar-refractivity contribution is -0.117. The van der Waals surface area contributed by atoms with Crippen molar-refractivity contribution in [2.45, 2.75) is 13.0 Å². The van der Waals surface area contributed by atoms with Gasteiger partial charge in [-0.1, -0.05) is 36.4 Å². The van der Waals surface area contributed by atoms with Crippen molar-refractivity contribution in [3.8, 4) is 0 Å². The zero-order valence-corrected chi connectivity index (χ0v) is 10.6. The average molecular weight is 258 g/mol. The second kappa shape index (κ2) is 5.63. The molecule has 2 aromatic rings. The molecule has 3 N–H and O–H groups in total. The number of halogens is 1. The first kappa shape index (κ1) is 13.2. The second-order valence-electron chi connectivity index (χ2n) is 4.36. The van der Waals surface area contributed by atoms with Crippen LogP contribution in [0, 0.1) is 12.7 Å². The molecule has 0 saturated carbocycles. The molecule has 0 unspecified atom stereocenters. The molecule has 0 heterocycles. The van der Waals surface area contributed by atoms with Gasteiger partial charge in [-0.15, -0.1) is 0 Å². The number of amides is 1. The Bertz CT molecular complexity index is 584. The number of nitrogens with one attached hydrogen (secondary N) is 1. The first-order valence-electron chi connectivity index (χ1n) is 5.95. The van der Waals surface area contributed by atoms with E-state index in [9.17, 15) is 9.18 Å². The summed E-state index contributed by atoms with van der Waals surface area (Å²) in [6.45, 7) is 1.78. The number of carbonyl (C=O) groups excluding carboxylic acids is 1. The van der Waals surface area contributed by atoms with Crippen LogP contribution in [0.4, 0.5) is 10.1 Å². The molecule has 0 radical (unpaired) electrons. The van der Waals surface area contributed by atoms with Crippen molar-refractivity contribution in [1.82, 2.24) is 0 Å². The Kier molecular flexibility index (Phi) is 3.92. The Morgan fingerprint density at radius 1 is 1.21 bits per heavy atom. The summed E-state index contributed by atoms with van der Waals surface area (Å²) in [7, 11) is 0. The van der Waals surface area contributed by atoms with Gasteiger partial charge in [0.05, 0.1) is 5.69 Å². The van der Waals surface area contributed by atoms with E-state index < -0.39 is 17.8 Å². The maximum atomic E-state index is 13.6. The first-order valence-corrected chi connectivity index (χ1v) is 5.95. The number of hydrogen-bond donors (Lipinski definition) is 2. The molecular weight excluding hydrogens is 243 g/mol. The minimum Gasteiger partial charge on any atom is -0.322 e. The van der Waals surface area contributed by atoms with Crippen molar-refractivity contribution >= 4 is 11.6 Å². The fourth-order valence-corrected chi connectivity index (χ4v) is 1.74. The number of aryl methyl sites for hydroxylation is 1. The Labute approximate surface area is 111 Å². The van der Waals surface area contributed by atoms with Gasteiger partial charge in [-0.25, -0.2) is 4.39 Å². The first-order chi connectivity index (χ1) is 9.08. The van der Waals surface area contributed by atoms with Crippen LogP contribution in [0.1, 0.15) is 17.2 Å². The predicted octanol–water partition coefficient (Wildman–Crippen LogP) is 2.77. The average Bonchev–Trinajstić information content (AvgIpc) is 2.42. The molecule has 0 aliphatic carbocycles. The molecule has 1 amide bonds. The summed E-state index contributed by atoms with van der Waals surface area (Å²) in [4.78, 5) is 11.9. The van der Waals surface area contributed by atoms with Crippen molar-refractivity contribution in [3.05, 3.63) is 65.5 Å². The number of benzene rings is 2. The molecule has 1 atom stereocenters. The molecule has 0 saturated heterocycles. The molecule has 4 heteroatoms. The molecule has 0 aliphatic rings. The van der Waals surface area contributed by atoms with E-state index in [-0.39, 0.29) is 5.69 Å². The molecule has 0 spiro atoms. The molecule has 0 bridgehead atoms. The number of hydrogen-bond acceptors (Lipinski definition) is 2.